The van der Waals surface area contributed by atoms with Gasteiger partial charge < -0.3 is 5.32 Å². The second-order valence-corrected chi connectivity index (χ2v) is 8.21. The van der Waals surface area contributed by atoms with Crippen molar-refractivity contribution in [3.05, 3.63) is 28.5 Å². The van der Waals surface area contributed by atoms with E-state index in [4.69, 9.17) is 0 Å². The minimum absolute atomic E-state index is 0.00319. The van der Waals surface area contributed by atoms with Gasteiger partial charge in [0.1, 0.15) is 5.82 Å². The fraction of sp³-hybridized carbons (Fsp3) is 0.571. The number of nitrogens with one attached hydrogen (secondary N) is 1. The first-order valence-electron chi connectivity index (χ1n) is 6.96. The molecule has 0 aromatic heterocycles. The van der Waals surface area contributed by atoms with E-state index in [9.17, 15) is 12.8 Å². The fourth-order valence-corrected chi connectivity index (χ4v) is 5.19. The topological polar surface area (TPSA) is 49.4 Å². The summed E-state index contributed by atoms with van der Waals surface area (Å²) in [5.41, 5.74) is 0. The van der Waals surface area contributed by atoms with E-state index in [-0.39, 0.29) is 15.4 Å². The van der Waals surface area contributed by atoms with E-state index < -0.39 is 15.8 Å². The third-order valence-electron chi connectivity index (χ3n) is 4.17. The third kappa shape index (κ3) is 3.64. The van der Waals surface area contributed by atoms with Crippen LogP contribution >= 0.6 is 15.9 Å². The van der Waals surface area contributed by atoms with E-state index in [0.717, 1.165) is 25.7 Å². The van der Waals surface area contributed by atoms with Crippen molar-refractivity contribution < 1.29 is 12.8 Å². The summed E-state index contributed by atoms with van der Waals surface area (Å²) in [6, 6.07) is 4.12. The third-order valence-corrected chi connectivity index (χ3v) is 7.06. The van der Waals surface area contributed by atoms with Gasteiger partial charge in [-0.3, -0.25) is 0 Å². The molecule has 0 unspecified atom stereocenters. The molecular weight excluding hydrogens is 359 g/mol. The lowest BCUT2D eigenvalue weighted by atomic mass is 9.91. The predicted octanol–water partition coefficient (Wildman–Crippen LogP) is 2.74. The molecule has 118 valence electrons. The first-order chi connectivity index (χ1) is 9.86. The van der Waals surface area contributed by atoms with Crippen LogP contribution in [-0.2, 0) is 10.0 Å². The van der Waals surface area contributed by atoms with Crippen LogP contribution in [0, 0.1) is 5.82 Å². The Morgan fingerprint density at radius 3 is 2.43 bits per heavy atom. The van der Waals surface area contributed by atoms with Crippen LogP contribution in [0.1, 0.15) is 25.7 Å². The normalized spacial score (nSPS) is 23.5. The zero-order chi connectivity index (χ0) is 15.6. The van der Waals surface area contributed by atoms with Crippen molar-refractivity contribution in [3.8, 4) is 0 Å². The summed E-state index contributed by atoms with van der Waals surface area (Å²) in [6.45, 7) is 0. The van der Waals surface area contributed by atoms with E-state index in [1.165, 1.54) is 22.5 Å². The van der Waals surface area contributed by atoms with E-state index in [1.54, 1.807) is 7.05 Å². The molecule has 1 aromatic carbocycles. The minimum atomic E-state index is -3.61. The SMILES string of the molecule is CNC1CCC(N(C)S(=O)(=O)c2ccc(F)cc2Br)CC1. The van der Waals surface area contributed by atoms with Gasteiger partial charge in [0.05, 0.1) is 4.90 Å². The van der Waals surface area contributed by atoms with Crippen LogP contribution in [0.4, 0.5) is 4.39 Å². The maximum absolute atomic E-state index is 13.1. The second-order valence-electron chi connectivity index (χ2n) is 5.39. The molecule has 1 aliphatic rings. The number of sulfonamides is 1. The summed E-state index contributed by atoms with van der Waals surface area (Å²) in [4.78, 5) is 0.113. The molecule has 7 heteroatoms. The van der Waals surface area contributed by atoms with Crippen LogP contribution in [0.15, 0.2) is 27.6 Å². The quantitative estimate of drug-likeness (QED) is 0.875. The van der Waals surface area contributed by atoms with E-state index >= 15 is 0 Å². The molecule has 0 atom stereocenters. The predicted molar refractivity (Wildman–Crippen MR) is 84.2 cm³/mol. The fourth-order valence-electron chi connectivity index (χ4n) is 2.76. The lowest BCUT2D eigenvalue weighted by molar-refractivity contribution is 0.255. The molecule has 1 saturated carbocycles. The second kappa shape index (κ2) is 6.73. The number of hydrogen-bond donors (Lipinski definition) is 1. The highest BCUT2D eigenvalue weighted by molar-refractivity contribution is 9.10. The van der Waals surface area contributed by atoms with Crippen LogP contribution in [0.5, 0.6) is 0 Å². The van der Waals surface area contributed by atoms with Gasteiger partial charge in [0.2, 0.25) is 10.0 Å². The van der Waals surface area contributed by atoms with Crippen LogP contribution in [0.3, 0.4) is 0 Å². The standard InChI is InChI=1S/C14H20BrFN2O2S/c1-17-11-4-6-12(7-5-11)18(2)21(19,20)14-8-3-10(16)9-13(14)15/h3,8-9,11-12,17H,4-7H2,1-2H3. The van der Waals surface area contributed by atoms with Crippen molar-refractivity contribution in [2.45, 2.75) is 42.7 Å². The first kappa shape index (κ1) is 16.9. The molecule has 21 heavy (non-hydrogen) atoms. The highest BCUT2D eigenvalue weighted by atomic mass is 79.9. The molecule has 0 aliphatic heterocycles. The molecule has 2 rings (SSSR count). The van der Waals surface area contributed by atoms with Gasteiger partial charge in [0.15, 0.2) is 0 Å². The Morgan fingerprint density at radius 2 is 1.90 bits per heavy atom. The molecule has 0 bridgehead atoms. The van der Waals surface area contributed by atoms with Crippen molar-refractivity contribution in [2.24, 2.45) is 0 Å². The molecule has 1 aromatic rings. The largest absolute Gasteiger partial charge is 0.317 e. The Bertz CT molecular complexity index is 601. The average Bonchev–Trinajstić information content (AvgIpc) is 2.46. The van der Waals surface area contributed by atoms with Gasteiger partial charge in [-0.15, -0.1) is 0 Å². The molecule has 1 fully saturated rings. The van der Waals surface area contributed by atoms with Gasteiger partial charge in [0, 0.05) is 23.6 Å². The molecular formula is C14H20BrFN2O2S. The number of benzene rings is 1. The van der Waals surface area contributed by atoms with Gasteiger partial charge in [-0.2, -0.15) is 4.31 Å². The summed E-state index contributed by atoms with van der Waals surface area (Å²) < 4.78 is 40.2. The van der Waals surface area contributed by atoms with Gasteiger partial charge in [0.25, 0.3) is 0 Å². The summed E-state index contributed by atoms with van der Waals surface area (Å²) >= 11 is 3.14. The minimum Gasteiger partial charge on any atom is -0.317 e. The monoisotopic (exact) mass is 378 g/mol. The van der Waals surface area contributed by atoms with Crippen molar-refractivity contribution in [2.75, 3.05) is 14.1 Å². The first-order valence-corrected chi connectivity index (χ1v) is 9.20. The Labute approximate surface area is 133 Å². The highest BCUT2D eigenvalue weighted by Crippen LogP contribution is 2.30. The van der Waals surface area contributed by atoms with Crippen LogP contribution in [0.2, 0.25) is 0 Å². The number of halogens is 2. The zero-order valence-electron chi connectivity index (χ0n) is 12.1. The van der Waals surface area contributed by atoms with Crippen molar-refractivity contribution in [1.29, 1.82) is 0 Å². The van der Waals surface area contributed by atoms with Gasteiger partial charge in [-0.05, 0) is 66.9 Å². The molecule has 0 heterocycles. The molecule has 0 amide bonds. The number of rotatable bonds is 4. The Hall–Kier alpha value is -0.500. The summed E-state index contributed by atoms with van der Waals surface area (Å²) in [7, 11) is -0.0726. The maximum atomic E-state index is 13.1. The molecule has 1 aliphatic carbocycles. The average molecular weight is 379 g/mol. The van der Waals surface area contributed by atoms with Gasteiger partial charge in [-0.1, -0.05) is 0 Å². The van der Waals surface area contributed by atoms with Gasteiger partial charge >= 0.3 is 0 Å². The van der Waals surface area contributed by atoms with Crippen molar-refractivity contribution in [1.82, 2.24) is 9.62 Å². The number of hydrogen-bond acceptors (Lipinski definition) is 3. The lowest BCUT2D eigenvalue weighted by Crippen LogP contribution is -2.42. The maximum Gasteiger partial charge on any atom is 0.244 e. The molecule has 4 nitrogen and oxygen atoms in total. The molecule has 0 radical (unpaired) electrons. The highest BCUT2D eigenvalue weighted by Gasteiger charge is 2.32. The van der Waals surface area contributed by atoms with Crippen LogP contribution in [-0.4, -0.2) is 38.9 Å². The summed E-state index contributed by atoms with van der Waals surface area (Å²) in [5.74, 6) is -0.460. The van der Waals surface area contributed by atoms with E-state index in [2.05, 4.69) is 21.2 Å². The van der Waals surface area contributed by atoms with Crippen molar-refractivity contribution in [3.63, 3.8) is 0 Å². The van der Waals surface area contributed by atoms with Crippen molar-refractivity contribution >= 4 is 26.0 Å². The molecule has 1 N–H and O–H groups in total. The Morgan fingerprint density at radius 1 is 1.29 bits per heavy atom. The smallest absolute Gasteiger partial charge is 0.244 e. The summed E-state index contributed by atoms with van der Waals surface area (Å²) in [6.07, 6.45) is 3.59. The van der Waals surface area contributed by atoms with E-state index in [1.807, 2.05) is 7.05 Å². The lowest BCUT2D eigenvalue weighted by Gasteiger charge is -2.34. The van der Waals surface area contributed by atoms with E-state index in [0.29, 0.717) is 6.04 Å². The van der Waals surface area contributed by atoms with Crippen LogP contribution < -0.4 is 5.32 Å². The van der Waals surface area contributed by atoms with Gasteiger partial charge in [-0.25, -0.2) is 12.8 Å². The molecule has 0 saturated heterocycles. The number of nitrogens with zero attached hydrogens (tertiary/aromatic N) is 1. The van der Waals surface area contributed by atoms with Crippen LogP contribution in [0.25, 0.3) is 0 Å². The zero-order valence-corrected chi connectivity index (χ0v) is 14.5. The summed E-state index contributed by atoms with van der Waals surface area (Å²) in [5, 5.41) is 3.23. The molecule has 0 spiro atoms. The Kier molecular flexibility index (Phi) is 5.40. The Balaban J connectivity index is 2.19.